The molecule has 0 saturated carbocycles. The van der Waals surface area contributed by atoms with Crippen molar-refractivity contribution in [3.63, 3.8) is 0 Å². The molecule has 0 aliphatic rings. The van der Waals surface area contributed by atoms with Gasteiger partial charge >= 0.3 is 0 Å². The molecule has 0 saturated heterocycles. The molecule has 0 fully saturated rings. The molecule has 0 radical (unpaired) electrons. The van der Waals surface area contributed by atoms with E-state index in [0.717, 1.165) is 22.0 Å². The highest BCUT2D eigenvalue weighted by molar-refractivity contribution is 5.98. The Morgan fingerprint density at radius 2 is 1.93 bits per heavy atom. The number of aromatic nitrogens is 1. The lowest BCUT2D eigenvalue weighted by atomic mass is 10.1. The maximum absolute atomic E-state index is 9.91. The van der Waals surface area contributed by atoms with Crippen LogP contribution in [0.5, 0.6) is 5.88 Å². The number of nitrogens with zero attached hydrogens (tertiary/aromatic N) is 1. The van der Waals surface area contributed by atoms with Crippen molar-refractivity contribution in [3.05, 3.63) is 49.2 Å². The molecule has 1 heterocycles. The van der Waals surface area contributed by atoms with Gasteiger partial charge in [-0.25, -0.2) is 0 Å². The number of rotatable bonds is 2. The SMILES string of the molecule is C=CC(=C)c1c2ccccc2c(O)n1C. The Balaban J connectivity index is 2.89. The second-order valence-corrected chi connectivity index (χ2v) is 3.51. The zero-order chi connectivity index (χ0) is 11.0. The van der Waals surface area contributed by atoms with Crippen LogP contribution in [0, 0.1) is 0 Å². The van der Waals surface area contributed by atoms with Crippen LogP contribution >= 0.6 is 0 Å². The fraction of sp³-hybridized carbons (Fsp3) is 0.0769. The molecular weight excluding hydrogens is 186 g/mol. The first kappa shape index (κ1) is 9.59. The molecule has 0 bridgehead atoms. The molecule has 2 aromatic rings. The summed E-state index contributed by atoms with van der Waals surface area (Å²) in [7, 11) is 1.82. The van der Waals surface area contributed by atoms with E-state index in [0.29, 0.717) is 0 Å². The van der Waals surface area contributed by atoms with Crippen LogP contribution in [-0.2, 0) is 7.05 Å². The molecule has 0 amide bonds. The monoisotopic (exact) mass is 199 g/mol. The fourth-order valence-electron chi connectivity index (χ4n) is 1.84. The minimum absolute atomic E-state index is 0.267. The molecule has 1 N–H and O–H groups in total. The zero-order valence-corrected chi connectivity index (χ0v) is 8.70. The fourth-order valence-corrected chi connectivity index (χ4v) is 1.84. The third-order valence-corrected chi connectivity index (χ3v) is 2.63. The lowest BCUT2D eigenvalue weighted by Gasteiger charge is -2.03. The largest absolute Gasteiger partial charge is 0.494 e. The van der Waals surface area contributed by atoms with Gasteiger partial charge in [0, 0.05) is 17.8 Å². The van der Waals surface area contributed by atoms with E-state index >= 15 is 0 Å². The molecule has 0 spiro atoms. The van der Waals surface area contributed by atoms with Crippen LogP contribution in [0.2, 0.25) is 0 Å². The van der Waals surface area contributed by atoms with E-state index in [1.165, 1.54) is 0 Å². The van der Waals surface area contributed by atoms with E-state index in [1.807, 2.05) is 31.3 Å². The highest BCUT2D eigenvalue weighted by atomic mass is 16.3. The minimum atomic E-state index is 0.267. The lowest BCUT2D eigenvalue weighted by molar-refractivity contribution is 0.437. The van der Waals surface area contributed by atoms with Crippen LogP contribution in [0.1, 0.15) is 5.69 Å². The second kappa shape index (κ2) is 3.31. The van der Waals surface area contributed by atoms with Gasteiger partial charge in [-0.05, 0) is 11.6 Å². The van der Waals surface area contributed by atoms with Crippen molar-refractivity contribution in [1.29, 1.82) is 0 Å². The normalized spacial score (nSPS) is 10.5. The van der Waals surface area contributed by atoms with E-state index in [1.54, 1.807) is 10.6 Å². The van der Waals surface area contributed by atoms with E-state index < -0.39 is 0 Å². The molecule has 2 nitrogen and oxygen atoms in total. The van der Waals surface area contributed by atoms with E-state index in [9.17, 15) is 5.11 Å². The number of allylic oxidation sites excluding steroid dienone is 2. The second-order valence-electron chi connectivity index (χ2n) is 3.51. The number of aromatic hydroxyl groups is 1. The van der Waals surface area contributed by atoms with Crippen molar-refractivity contribution in [2.45, 2.75) is 0 Å². The van der Waals surface area contributed by atoms with Crippen LogP contribution in [0.4, 0.5) is 0 Å². The Kier molecular flexibility index (Phi) is 2.12. The first-order valence-corrected chi connectivity index (χ1v) is 4.75. The van der Waals surface area contributed by atoms with Crippen LogP contribution in [0.3, 0.4) is 0 Å². The van der Waals surface area contributed by atoms with Gasteiger partial charge in [0.1, 0.15) is 0 Å². The Hall–Kier alpha value is -1.96. The Labute approximate surface area is 88.8 Å². The third-order valence-electron chi connectivity index (χ3n) is 2.63. The standard InChI is InChI=1S/C13H13NO/c1-4-9(2)12-10-7-5-6-8-11(10)13(15)14(12)3/h4-8,15H,1-2H2,3H3. The highest BCUT2D eigenvalue weighted by Gasteiger charge is 2.13. The summed E-state index contributed by atoms with van der Waals surface area (Å²) in [6.07, 6.45) is 1.70. The maximum atomic E-state index is 9.91. The summed E-state index contributed by atoms with van der Waals surface area (Å²) < 4.78 is 1.73. The van der Waals surface area contributed by atoms with Crippen molar-refractivity contribution in [2.75, 3.05) is 0 Å². The summed E-state index contributed by atoms with van der Waals surface area (Å²) in [5.74, 6) is 0.267. The van der Waals surface area contributed by atoms with Crippen molar-refractivity contribution in [1.82, 2.24) is 4.57 Å². The summed E-state index contributed by atoms with van der Waals surface area (Å²) in [6, 6.07) is 7.72. The zero-order valence-electron chi connectivity index (χ0n) is 8.70. The van der Waals surface area contributed by atoms with Crippen molar-refractivity contribution >= 4 is 16.3 Å². The molecule has 0 aliphatic heterocycles. The number of fused-ring (bicyclic) bond motifs is 1. The molecule has 0 aliphatic carbocycles. The summed E-state index contributed by atoms with van der Waals surface area (Å²) in [6.45, 7) is 7.62. The average molecular weight is 199 g/mol. The van der Waals surface area contributed by atoms with Gasteiger partial charge in [0.15, 0.2) is 5.88 Å². The molecule has 1 aromatic carbocycles. The topological polar surface area (TPSA) is 25.2 Å². The van der Waals surface area contributed by atoms with Crippen LogP contribution < -0.4 is 0 Å². The molecule has 1 aromatic heterocycles. The van der Waals surface area contributed by atoms with Crippen LogP contribution in [0.15, 0.2) is 43.5 Å². The maximum Gasteiger partial charge on any atom is 0.199 e. The van der Waals surface area contributed by atoms with Gasteiger partial charge in [-0.2, -0.15) is 0 Å². The van der Waals surface area contributed by atoms with Crippen LogP contribution in [-0.4, -0.2) is 9.67 Å². The van der Waals surface area contributed by atoms with Gasteiger partial charge in [-0.3, -0.25) is 0 Å². The summed E-state index contributed by atoms with van der Waals surface area (Å²) >= 11 is 0. The van der Waals surface area contributed by atoms with E-state index in [-0.39, 0.29) is 5.88 Å². The Morgan fingerprint density at radius 3 is 2.53 bits per heavy atom. The first-order valence-electron chi connectivity index (χ1n) is 4.75. The minimum Gasteiger partial charge on any atom is -0.494 e. The van der Waals surface area contributed by atoms with Crippen molar-refractivity contribution in [3.8, 4) is 5.88 Å². The number of benzene rings is 1. The van der Waals surface area contributed by atoms with Gasteiger partial charge in [0.2, 0.25) is 0 Å². The smallest absolute Gasteiger partial charge is 0.199 e. The third kappa shape index (κ3) is 1.26. The lowest BCUT2D eigenvalue weighted by Crippen LogP contribution is -1.92. The quantitative estimate of drug-likeness (QED) is 0.739. The molecule has 76 valence electrons. The van der Waals surface area contributed by atoms with Crippen molar-refractivity contribution < 1.29 is 5.11 Å². The van der Waals surface area contributed by atoms with Gasteiger partial charge in [-0.15, -0.1) is 0 Å². The van der Waals surface area contributed by atoms with Gasteiger partial charge < -0.3 is 9.67 Å². The molecule has 15 heavy (non-hydrogen) atoms. The predicted molar refractivity (Wildman–Crippen MR) is 63.8 cm³/mol. The number of hydrogen-bond donors (Lipinski definition) is 1. The van der Waals surface area contributed by atoms with Gasteiger partial charge in [-0.1, -0.05) is 37.4 Å². The van der Waals surface area contributed by atoms with Crippen molar-refractivity contribution in [2.24, 2.45) is 7.05 Å². The molecular formula is C13H13NO. The highest BCUT2D eigenvalue weighted by Crippen LogP contribution is 2.33. The summed E-state index contributed by atoms with van der Waals surface area (Å²) in [5.41, 5.74) is 1.73. The molecule has 0 atom stereocenters. The van der Waals surface area contributed by atoms with Crippen LogP contribution in [0.25, 0.3) is 16.3 Å². The Bertz CT molecular complexity index is 549. The number of hydrogen-bond acceptors (Lipinski definition) is 1. The van der Waals surface area contributed by atoms with Gasteiger partial charge in [0.05, 0.1) is 5.69 Å². The summed E-state index contributed by atoms with van der Waals surface area (Å²) in [4.78, 5) is 0. The molecule has 2 heteroatoms. The predicted octanol–water partition coefficient (Wildman–Crippen LogP) is 3.08. The Morgan fingerprint density at radius 1 is 1.33 bits per heavy atom. The summed E-state index contributed by atoms with van der Waals surface area (Å²) in [5, 5.41) is 11.8. The molecule has 0 unspecified atom stereocenters. The van der Waals surface area contributed by atoms with E-state index in [2.05, 4.69) is 13.2 Å². The van der Waals surface area contributed by atoms with Gasteiger partial charge in [0.25, 0.3) is 0 Å². The van der Waals surface area contributed by atoms with E-state index in [4.69, 9.17) is 0 Å². The first-order chi connectivity index (χ1) is 7.16. The average Bonchev–Trinajstić information content (AvgIpc) is 2.52. The molecule has 2 rings (SSSR count).